The van der Waals surface area contributed by atoms with Crippen LogP contribution in [-0.4, -0.2) is 0 Å². The first-order chi connectivity index (χ1) is 4.84. The molecule has 1 radical (unpaired) electrons. The molecule has 0 saturated carbocycles. The predicted molar refractivity (Wildman–Crippen MR) is 40.8 cm³/mol. The molecule has 0 atom stereocenters. The molecule has 0 bridgehead atoms. The van der Waals surface area contributed by atoms with Crippen LogP contribution in [0.3, 0.4) is 0 Å². The third-order valence-electron chi connectivity index (χ3n) is 1.32. The summed E-state index contributed by atoms with van der Waals surface area (Å²) in [5.74, 6) is 0.0839. The van der Waals surface area contributed by atoms with Crippen LogP contribution in [0, 0.1) is 0 Å². The van der Waals surface area contributed by atoms with E-state index >= 15 is 0 Å². The molecule has 0 N–H and O–H groups in total. The lowest BCUT2D eigenvalue weighted by Crippen LogP contribution is -1.77. The molecule has 0 amide bonds. The van der Waals surface area contributed by atoms with Crippen molar-refractivity contribution in [1.29, 1.82) is 0 Å². The molecule has 1 heteroatoms. The van der Waals surface area contributed by atoms with Gasteiger partial charge < -0.3 is 0 Å². The molecular weight excluding hydrogens is 124 g/mol. The standard InChI is InChI=1S/C9H9O/c1-2-9(10)8-6-4-3-5-7-8/h2-7H,1H3/b9-2-. The fraction of sp³-hybridized carbons (Fsp3) is 0.111. The van der Waals surface area contributed by atoms with Crippen LogP contribution < -0.4 is 0 Å². The molecule has 0 aliphatic heterocycles. The number of allylic oxidation sites excluding steroid dienone is 1. The first-order valence-corrected chi connectivity index (χ1v) is 3.23. The highest BCUT2D eigenvalue weighted by Crippen LogP contribution is 2.09. The van der Waals surface area contributed by atoms with Crippen LogP contribution in [0.1, 0.15) is 12.5 Å². The topological polar surface area (TPSA) is 19.9 Å². The van der Waals surface area contributed by atoms with Crippen molar-refractivity contribution in [3.63, 3.8) is 0 Å². The van der Waals surface area contributed by atoms with E-state index in [4.69, 9.17) is 0 Å². The quantitative estimate of drug-likeness (QED) is 0.524. The molecule has 1 rings (SSSR count). The minimum Gasteiger partial charge on any atom is -0.290 e. The smallest absolute Gasteiger partial charge is 0.181 e. The van der Waals surface area contributed by atoms with Gasteiger partial charge in [-0.1, -0.05) is 30.3 Å². The van der Waals surface area contributed by atoms with Crippen molar-refractivity contribution in [2.75, 3.05) is 0 Å². The fourth-order valence-electron chi connectivity index (χ4n) is 0.769. The van der Waals surface area contributed by atoms with Gasteiger partial charge in [-0.05, 0) is 13.0 Å². The first kappa shape index (κ1) is 6.87. The van der Waals surface area contributed by atoms with Gasteiger partial charge in [-0.3, -0.25) is 5.11 Å². The minimum absolute atomic E-state index is 0.0839. The zero-order valence-corrected chi connectivity index (χ0v) is 5.87. The zero-order chi connectivity index (χ0) is 7.40. The normalized spacial score (nSPS) is 11.5. The van der Waals surface area contributed by atoms with Gasteiger partial charge in [0.05, 0.1) is 0 Å². The van der Waals surface area contributed by atoms with Crippen molar-refractivity contribution >= 4 is 5.76 Å². The van der Waals surface area contributed by atoms with Gasteiger partial charge in [0.2, 0.25) is 0 Å². The molecule has 0 unspecified atom stereocenters. The second-order valence-electron chi connectivity index (χ2n) is 2.02. The maximum Gasteiger partial charge on any atom is 0.181 e. The van der Waals surface area contributed by atoms with Gasteiger partial charge in [0.15, 0.2) is 5.76 Å². The lowest BCUT2D eigenvalue weighted by molar-refractivity contribution is 0.388. The van der Waals surface area contributed by atoms with Crippen LogP contribution in [0.15, 0.2) is 36.4 Å². The van der Waals surface area contributed by atoms with Gasteiger partial charge >= 0.3 is 0 Å². The molecule has 0 spiro atoms. The predicted octanol–water partition coefficient (Wildman–Crippen LogP) is 2.48. The van der Waals surface area contributed by atoms with Crippen molar-refractivity contribution in [3.8, 4) is 0 Å². The molecule has 0 saturated heterocycles. The highest BCUT2D eigenvalue weighted by atomic mass is 16.3. The maximum atomic E-state index is 11.0. The van der Waals surface area contributed by atoms with Crippen molar-refractivity contribution in [2.45, 2.75) is 6.92 Å². The number of benzene rings is 1. The van der Waals surface area contributed by atoms with Crippen molar-refractivity contribution in [3.05, 3.63) is 42.0 Å². The second kappa shape index (κ2) is 3.06. The van der Waals surface area contributed by atoms with Gasteiger partial charge in [-0.2, -0.15) is 0 Å². The van der Waals surface area contributed by atoms with E-state index in [0.717, 1.165) is 5.56 Å². The third kappa shape index (κ3) is 1.38. The van der Waals surface area contributed by atoms with Gasteiger partial charge in [-0.25, -0.2) is 0 Å². The van der Waals surface area contributed by atoms with Gasteiger partial charge in [0, 0.05) is 5.56 Å². The summed E-state index contributed by atoms with van der Waals surface area (Å²) >= 11 is 0. The van der Waals surface area contributed by atoms with Crippen molar-refractivity contribution in [2.24, 2.45) is 0 Å². The summed E-state index contributed by atoms with van der Waals surface area (Å²) in [5.41, 5.74) is 0.755. The Morgan fingerprint density at radius 3 is 2.40 bits per heavy atom. The Morgan fingerprint density at radius 2 is 1.90 bits per heavy atom. The van der Waals surface area contributed by atoms with Gasteiger partial charge in [0.25, 0.3) is 0 Å². The van der Waals surface area contributed by atoms with E-state index in [-0.39, 0.29) is 5.76 Å². The van der Waals surface area contributed by atoms with E-state index in [9.17, 15) is 5.11 Å². The lowest BCUT2D eigenvalue weighted by Gasteiger charge is -1.92. The SMILES string of the molecule is C/C=C(\[O])c1ccccc1. The molecular formula is C9H9O. The molecule has 51 valence electrons. The van der Waals surface area contributed by atoms with Crippen LogP contribution in [0.25, 0.3) is 5.76 Å². The zero-order valence-electron chi connectivity index (χ0n) is 5.87. The third-order valence-corrected chi connectivity index (χ3v) is 1.32. The summed E-state index contributed by atoms with van der Waals surface area (Å²) in [6.45, 7) is 1.75. The molecule has 0 aliphatic carbocycles. The largest absolute Gasteiger partial charge is 0.290 e. The molecule has 0 aliphatic rings. The van der Waals surface area contributed by atoms with Crippen molar-refractivity contribution < 1.29 is 5.11 Å². The van der Waals surface area contributed by atoms with Gasteiger partial charge in [0.1, 0.15) is 0 Å². The summed E-state index contributed by atoms with van der Waals surface area (Å²) in [6, 6.07) is 9.23. The highest BCUT2D eigenvalue weighted by molar-refractivity contribution is 5.57. The Kier molecular flexibility index (Phi) is 2.11. The Morgan fingerprint density at radius 1 is 1.30 bits per heavy atom. The number of hydrogen-bond acceptors (Lipinski definition) is 0. The first-order valence-electron chi connectivity index (χ1n) is 3.23. The maximum absolute atomic E-state index is 11.0. The molecule has 1 aromatic rings. The Hall–Kier alpha value is -1.24. The average molecular weight is 133 g/mol. The fourth-order valence-corrected chi connectivity index (χ4v) is 0.769. The Labute approximate surface area is 60.6 Å². The summed E-state index contributed by atoms with van der Waals surface area (Å²) in [4.78, 5) is 0. The molecule has 0 aromatic heterocycles. The Bertz CT molecular complexity index is 224. The highest BCUT2D eigenvalue weighted by Gasteiger charge is 1.95. The molecule has 0 heterocycles. The Balaban J connectivity index is 2.96. The van der Waals surface area contributed by atoms with E-state index in [1.54, 1.807) is 13.0 Å². The molecule has 10 heavy (non-hydrogen) atoms. The molecule has 0 fully saturated rings. The van der Waals surface area contributed by atoms with Gasteiger partial charge in [-0.15, -0.1) is 0 Å². The lowest BCUT2D eigenvalue weighted by atomic mass is 10.2. The van der Waals surface area contributed by atoms with Crippen LogP contribution in [0.2, 0.25) is 0 Å². The van der Waals surface area contributed by atoms with Crippen LogP contribution >= 0.6 is 0 Å². The average Bonchev–Trinajstić information content (AvgIpc) is 2.05. The summed E-state index contributed by atoms with van der Waals surface area (Å²) in [7, 11) is 0. The van der Waals surface area contributed by atoms with Crippen LogP contribution in [0.5, 0.6) is 0 Å². The van der Waals surface area contributed by atoms with Crippen LogP contribution in [-0.2, 0) is 5.11 Å². The van der Waals surface area contributed by atoms with E-state index in [2.05, 4.69) is 0 Å². The second-order valence-corrected chi connectivity index (χ2v) is 2.02. The van der Waals surface area contributed by atoms with Crippen LogP contribution in [0.4, 0.5) is 0 Å². The summed E-state index contributed by atoms with van der Waals surface area (Å²) < 4.78 is 0. The van der Waals surface area contributed by atoms with E-state index < -0.39 is 0 Å². The molecule has 1 nitrogen and oxygen atoms in total. The monoisotopic (exact) mass is 133 g/mol. The van der Waals surface area contributed by atoms with Crippen molar-refractivity contribution in [1.82, 2.24) is 0 Å². The number of rotatable bonds is 1. The van der Waals surface area contributed by atoms with E-state index in [0.29, 0.717) is 0 Å². The summed E-state index contributed by atoms with van der Waals surface area (Å²) in [5, 5.41) is 11.0. The molecule has 1 aromatic carbocycles. The van der Waals surface area contributed by atoms with E-state index in [1.807, 2.05) is 30.3 Å². The van der Waals surface area contributed by atoms with E-state index in [1.165, 1.54) is 0 Å². The number of hydrogen-bond donors (Lipinski definition) is 0. The minimum atomic E-state index is 0.0839. The summed E-state index contributed by atoms with van der Waals surface area (Å²) in [6.07, 6.45) is 1.56.